The van der Waals surface area contributed by atoms with Crippen molar-refractivity contribution in [3.63, 3.8) is 0 Å². The maximum Gasteiger partial charge on any atom is 0.326 e. The molecule has 1 aromatic carbocycles. The highest BCUT2D eigenvalue weighted by Crippen LogP contribution is 2.31. The van der Waals surface area contributed by atoms with Crippen molar-refractivity contribution >= 4 is 29.3 Å². The van der Waals surface area contributed by atoms with Crippen LogP contribution in [0.25, 0.3) is 0 Å². The van der Waals surface area contributed by atoms with E-state index in [2.05, 4.69) is 13.8 Å². The minimum Gasteiger partial charge on any atom is -0.480 e. The van der Waals surface area contributed by atoms with Gasteiger partial charge in [-0.3, -0.25) is 14.9 Å². The summed E-state index contributed by atoms with van der Waals surface area (Å²) in [5, 5.41) is 20.3. The standard InChI is InChI=1S/C16H22N2O5S/c1-10(2)7-8-24-14-6-5-12(9-13(14)18(22)23)15(19)17(4)11(3)16(20)21/h5-6,9-11H,7-8H2,1-4H3,(H,20,21). The van der Waals surface area contributed by atoms with Gasteiger partial charge in [0.25, 0.3) is 11.6 Å². The molecule has 7 nitrogen and oxygen atoms in total. The number of hydrogen-bond donors (Lipinski definition) is 1. The maximum absolute atomic E-state index is 12.3. The molecule has 132 valence electrons. The molecule has 1 N–H and O–H groups in total. The first-order valence-corrected chi connectivity index (χ1v) is 8.55. The van der Waals surface area contributed by atoms with Crippen molar-refractivity contribution in [2.45, 2.75) is 38.1 Å². The van der Waals surface area contributed by atoms with Gasteiger partial charge in [0.15, 0.2) is 0 Å². The highest BCUT2D eigenvalue weighted by molar-refractivity contribution is 7.99. The average Bonchev–Trinajstić information content (AvgIpc) is 2.52. The molecule has 24 heavy (non-hydrogen) atoms. The van der Waals surface area contributed by atoms with Gasteiger partial charge < -0.3 is 10.0 Å². The van der Waals surface area contributed by atoms with Crippen molar-refractivity contribution < 1.29 is 19.6 Å². The summed E-state index contributed by atoms with van der Waals surface area (Å²) < 4.78 is 0. The van der Waals surface area contributed by atoms with Crippen LogP contribution in [0.4, 0.5) is 5.69 Å². The largest absolute Gasteiger partial charge is 0.480 e. The molecule has 0 radical (unpaired) electrons. The predicted octanol–water partition coefficient (Wildman–Crippen LogP) is 3.28. The molecule has 0 fully saturated rings. The first-order valence-electron chi connectivity index (χ1n) is 7.56. The van der Waals surface area contributed by atoms with E-state index in [1.807, 2.05) is 0 Å². The number of carboxylic acids is 1. The Hall–Kier alpha value is -2.09. The van der Waals surface area contributed by atoms with E-state index in [0.717, 1.165) is 17.1 Å². The van der Waals surface area contributed by atoms with Crippen molar-refractivity contribution in [2.24, 2.45) is 5.92 Å². The number of aliphatic carboxylic acids is 1. The van der Waals surface area contributed by atoms with E-state index in [0.29, 0.717) is 10.8 Å². The Balaban J connectivity index is 3.02. The molecule has 0 aliphatic rings. The molecule has 1 atom stereocenters. The molecule has 8 heteroatoms. The summed E-state index contributed by atoms with van der Waals surface area (Å²) in [7, 11) is 1.36. The zero-order chi connectivity index (χ0) is 18.4. The van der Waals surface area contributed by atoms with Crippen LogP contribution in [-0.2, 0) is 4.79 Å². The summed E-state index contributed by atoms with van der Waals surface area (Å²) in [6.45, 7) is 5.54. The summed E-state index contributed by atoms with van der Waals surface area (Å²) in [5.74, 6) is -0.446. The van der Waals surface area contributed by atoms with E-state index >= 15 is 0 Å². The Bertz CT molecular complexity index is 633. The van der Waals surface area contributed by atoms with Crippen LogP contribution in [0.5, 0.6) is 0 Å². The Kier molecular flexibility index (Phi) is 7.21. The number of amides is 1. The Labute approximate surface area is 145 Å². The predicted molar refractivity (Wildman–Crippen MR) is 92.5 cm³/mol. The van der Waals surface area contributed by atoms with Crippen LogP contribution in [-0.4, -0.2) is 45.6 Å². The molecule has 1 unspecified atom stereocenters. The molecule has 0 bridgehead atoms. The molecule has 0 heterocycles. The third-order valence-electron chi connectivity index (χ3n) is 3.61. The molecular formula is C16H22N2O5S. The lowest BCUT2D eigenvalue weighted by Crippen LogP contribution is -2.40. The van der Waals surface area contributed by atoms with E-state index in [1.54, 1.807) is 6.07 Å². The number of nitrogens with zero attached hydrogens (tertiary/aromatic N) is 2. The van der Waals surface area contributed by atoms with Crippen LogP contribution in [0.3, 0.4) is 0 Å². The second-order valence-electron chi connectivity index (χ2n) is 5.90. The van der Waals surface area contributed by atoms with Gasteiger partial charge in [0.2, 0.25) is 0 Å². The average molecular weight is 354 g/mol. The van der Waals surface area contributed by atoms with E-state index in [4.69, 9.17) is 5.11 Å². The van der Waals surface area contributed by atoms with Gasteiger partial charge in [-0.15, -0.1) is 11.8 Å². The van der Waals surface area contributed by atoms with Crippen molar-refractivity contribution in [3.8, 4) is 0 Å². The van der Waals surface area contributed by atoms with Crippen LogP contribution < -0.4 is 0 Å². The number of nitro benzene ring substituents is 1. The fourth-order valence-electron chi connectivity index (χ4n) is 1.86. The second-order valence-corrected chi connectivity index (χ2v) is 7.04. The highest BCUT2D eigenvalue weighted by atomic mass is 32.2. The summed E-state index contributed by atoms with van der Waals surface area (Å²) >= 11 is 1.38. The number of nitro groups is 1. The second kappa shape index (κ2) is 8.68. The van der Waals surface area contributed by atoms with Crippen molar-refractivity contribution in [3.05, 3.63) is 33.9 Å². The molecule has 0 aromatic heterocycles. The van der Waals surface area contributed by atoms with Gasteiger partial charge in [0.05, 0.1) is 9.82 Å². The quantitative estimate of drug-likeness (QED) is 0.437. The van der Waals surface area contributed by atoms with Crippen LogP contribution in [0.1, 0.15) is 37.6 Å². The fourth-order valence-corrected chi connectivity index (χ4v) is 3.12. The van der Waals surface area contributed by atoms with Gasteiger partial charge in [-0.2, -0.15) is 0 Å². The van der Waals surface area contributed by atoms with Crippen LogP contribution in [0.2, 0.25) is 0 Å². The minimum absolute atomic E-state index is 0.102. The SMILES string of the molecule is CC(C)CCSc1ccc(C(=O)N(C)C(C)C(=O)O)cc1[N+](=O)[O-]. The number of carbonyl (C=O) groups is 2. The molecule has 0 saturated heterocycles. The molecular weight excluding hydrogens is 332 g/mol. The monoisotopic (exact) mass is 354 g/mol. The van der Waals surface area contributed by atoms with Gasteiger partial charge in [-0.1, -0.05) is 13.8 Å². The minimum atomic E-state index is -1.14. The molecule has 0 aliphatic carbocycles. The molecule has 0 spiro atoms. The molecule has 1 aromatic rings. The van der Waals surface area contributed by atoms with Gasteiger partial charge in [-0.25, -0.2) is 4.79 Å². The number of carboxylic acid groups (broad SMARTS) is 1. The normalized spacial score (nSPS) is 12.0. The van der Waals surface area contributed by atoms with E-state index < -0.39 is 22.8 Å². The molecule has 1 rings (SSSR count). The number of hydrogen-bond acceptors (Lipinski definition) is 5. The lowest BCUT2D eigenvalue weighted by Gasteiger charge is -2.21. The van der Waals surface area contributed by atoms with Crippen molar-refractivity contribution in [2.75, 3.05) is 12.8 Å². The zero-order valence-electron chi connectivity index (χ0n) is 14.2. The fraction of sp³-hybridized carbons (Fsp3) is 0.500. The maximum atomic E-state index is 12.3. The van der Waals surface area contributed by atoms with E-state index in [9.17, 15) is 19.7 Å². The summed E-state index contributed by atoms with van der Waals surface area (Å²) in [4.78, 5) is 35.6. The number of carbonyl (C=O) groups excluding carboxylic acids is 1. The zero-order valence-corrected chi connectivity index (χ0v) is 15.0. The molecule has 1 amide bonds. The van der Waals surface area contributed by atoms with Gasteiger partial charge in [-0.05, 0) is 37.1 Å². The number of benzene rings is 1. The Morgan fingerprint density at radius 1 is 1.33 bits per heavy atom. The number of thioether (sulfide) groups is 1. The van der Waals surface area contributed by atoms with E-state index in [1.165, 1.54) is 37.9 Å². The topological polar surface area (TPSA) is 101 Å². The van der Waals surface area contributed by atoms with Crippen LogP contribution in [0.15, 0.2) is 23.1 Å². The van der Waals surface area contributed by atoms with Gasteiger partial charge >= 0.3 is 5.97 Å². The lowest BCUT2D eigenvalue weighted by molar-refractivity contribution is -0.387. The smallest absolute Gasteiger partial charge is 0.326 e. The van der Waals surface area contributed by atoms with Crippen LogP contribution in [0, 0.1) is 16.0 Å². The van der Waals surface area contributed by atoms with Crippen LogP contribution >= 0.6 is 11.8 Å². The third-order valence-corrected chi connectivity index (χ3v) is 4.71. The Morgan fingerprint density at radius 2 is 1.96 bits per heavy atom. The first-order chi connectivity index (χ1) is 11.1. The first kappa shape index (κ1) is 20.0. The highest BCUT2D eigenvalue weighted by Gasteiger charge is 2.25. The van der Waals surface area contributed by atoms with Crippen molar-refractivity contribution in [1.82, 2.24) is 4.90 Å². The Morgan fingerprint density at radius 3 is 2.46 bits per heavy atom. The molecule has 0 aliphatic heterocycles. The number of rotatable bonds is 8. The van der Waals surface area contributed by atoms with E-state index in [-0.39, 0.29) is 11.3 Å². The number of likely N-dealkylation sites (N-methyl/N-ethyl adjacent to an activating group) is 1. The lowest BCUT2D eigenvalue weighted by atomic mass is 10.1. The van der Waals surface area contributed by atoms with Gasteiger partial charge in [0, 0.05) is 18.7 Å². The summed E-state index contributed by atoms with van der Waals surface area (Å²) in [6, 6.07) is 3.25. The van der Waals surface area contributed by atoms with Crippen molar-refractivity contribution in [1.29, 1.82) is 0 Å². The van der Waals surface area contributed by atoms with Gasteiger partial charge in [0.1, 0.15) is 6.04 Å². The third kappa shape index (κ3) is 5.23. The molecule has 0 saturated carbocycles. The summed E-state index contributed by atoms with van der Waals surface area (Å²) in [5.41, 5.74) is -0.0310. The summed E-state index contributed by atoms with van der Waals surface area (Å²) in [6.07, 6.45) is 0.932.